The number of hydrogen-bond donors (Lipinski definition) is 1. The van der Waals surface area contributed by atoms with Gasteiger partial charge in [0.25, 0.3) is 5.91 Å². The van der Waals surface area contributed by atoms with Gasteiger partial charge in [-0.15, -0.1) is 11.8 Å². The summed E-state index contributed by atoms with van der Waals surface area (Å²) in [6.45, 7) is 0. The summed E-state index contributed by atoms with van der Waals surface area (Å²) in [5.41, 5.74) is 1.89. The number of furan rings is 1. The predicted octanol–water partition coefficient (Wildman–Crippen LogP) is 1.99. The van der Waals surface area contributed by atoms with Gasteiger partial charge in [0, 0.05) is 11.8 Å². The zero-order valence-electron chi connectivity index (χ0n) is 10.5. The van der Waals surface area contributed by atoms with E-state index in [1.807, 2.05) is 6.07 Å². The number of thioether (sulfide) groups is 1. The topological polar surface area (TPSA) is 70.7 Å². The van der Waals surface area contributed by atoms with Gasteiger partial charge in [-0.1, -0.05) is 0 Å². The van der Waals surface area contributed by atoms with Crippen molar-refractivity contribution in [3.8, 4) is 0 Å². The first-order valence-corrected chi connectivity index (χ1v) is 7.35. The summed E-state index contributed by atoms with van der Waals surface area (Å²) in [6, 6.07) is 1.98. The van der Waals surface area contributed by atoms with Gasteiger partial charge in [0.05, 0.1) is 5.57 Å². The Morgan fingerprint density at radius 3 is 3.10 bits per heavy atom. The molecule has 1 amide bonds. The Morgan fingerprint density at radius 1 is 1.50 bits per heavy atom. The van der Waals surface area contributed by atoms with Crippen molar-refractivity contribution in [1.82, 2.24) is 4.90 Å². The van der Waals surface area contributed by atoms with Gasteiger partial charge in [-0.2, -0.15) is 0 Å². The molecule has 5 nitrogen and oxygen atoms in total. The van der Waals surface area contributed by atoms with Gasteiger partial charge in [0.15, 0.2) is 0 Å². The van der Waals surface area contributed by atoms with E-state index in [4.69, 9.17) is 9.52 Å². The van der Waals surface area contributed by atoms with Crippen LogP contribution < -0.4 is 0 Å². The molecule has 0 saturated carbocycles. The Balaban J connectivity index is 1.61. The van der Waals surface area contributed by atoms with Gasteiger partial charge in [0.2, 0.25) is 0 Å². The number of aryl methyl sites for hydroxylation is 2. The van der Waals surface area contributed by atoms with Gasteiger partial charge in [-0.05, 0) is 30.5 Å². The Kier molecular flexibility index (Phi) is 2.38. The van der Waals surface area contributed by atoms with E-state index in [2.05, 4.69) is 0 Å². The number of carboxylic acid groups (broad SMARTS) is 1. The van der Waals surface area contributed by atoms with Crippen LogP contribution in [0.1, 0.15) is 23.5 Å². The first-order chi connectivity index (χ1) is 9.65. The molecule has 1 N–H and O–H groups in total. The summed E-state index contributed by atoms with van der Waals surface area (Å²) in [4.78, 5) is 24.3. The molecule has 4 rings (SSSR count). The summed E-state index contributed by atoms with van der Waals surface area (Å²) in [5, 5.41) is 10.3. The third-order valence-electron chi connectivity index (χ3n) is 3.82. The molecule has 1 aliphatic carbocycles. The monoisotopic (exact) mass is 289 g/mol. The van der Waals surface area contributed by atoms with Gasteiger partial charge >= 0.3 is 5.97 Å². The summed E-state index contributed by atoms with van der Waals surface area (Å²) in [7, 11) is 0. The summed E-state index contributed by atoms with van der Waals surface area (Å²) >= 11 is 1.34. The van der Waals surface area contributed by atoms with Crippen LogP contribution in [0.25, 0.3) is 6.08 Å². The zero-order chi connectivity index (χ0) is 13.9. The Hall–Kier alpha value is -1.95. The average Bonchev–Trinajstić information content (AvgIpc) is 3.07. The van der Waals surface area contributed by atoms with Crippen LogP contribution in [0.2, 0.25) is 0 Å². The van der Waals surface area contributed by atoms with Crippen LogP contribution in [0.5, 0.6) is 0 Å². The highest BCUT2D eigenvalue weighted by atomic mass is 32.2. The van der Waals surface area contributed by atoms with Crippen LogP contribution in [0.15, 0.2) is 27.2 Å². The molecule has 3 heterocycles. The van der Waals surface area contributed by atoms with E-state index in [9.17, 15) is 9.59 Å². The summed E-state index contributed by atoms with van der Waals surface area (Å²) in [6.07, 6.45) is 4.86. The fourth-order valence-corrected chi connectivity index (χ4v) is 3.96. The number of carbonyl (C=O) groups is 2. The van der Waals surface area contributed by atoms with Crippen molar-refractivity contribution in [1.29, 1.82) is 0 Å². The SMILES string of the molecule is O=C(O)C1=CSC2C(=Cc3cc4c(o3)CCC4)C(=O)N12. The maximum Gasteiger partial charge on any atom is 0.353 e. The van der Waals surface area contributed by atoms with Gasteiger partial charge in [-0.3, -0.25) is 9.69 Å². The molecule has 1 saturated heterocycles. The second kappa shape index (κ2) is 4.02. The number of fused-ring (bicyclic) bond motifs is 2. The minimum Gasteiger partial charge on any atom is -0.477 e. The Bertz CT molecular complexity index is 679. The molecule has 0 aromatic carbocycles. The molecule has 102 valence electrons. The van der Waals surface area contributed by atoms with Gasteiger partial charge in [-0.25, -0.2) is 4.79 Å². The number of carbonyl (C=O) groups excluding carboxylic acids is 1. The number of aliphatic carboxylic acids is 1. The van der Waals surface area contributed by atoms with Crippen molar-refractivity contribution in [3.63, 3.8) is 0 Å². The predicted molar refractivity (Wildman–Crippen MR) is 72.7 cm³/mol. The molecule has 1 aromatic heterocycles. The number of carboxylic acids is 1. The van der Waals surface area contributed by atoms with Crippen molar-refractivity contribution >= 4 is 29.7 Å². The third-order valence-corrected chi connectivity index (χ3v) is 4.90. The van der Waals surface area contributed by atoms with E-state index in [1.165, 1.54) is 27.6 Å². The van der Waals surface area contributed by atoms with Crippen LogP contribution in [-0.2, 0) is 22.4 Å². The fraction of sp³-hybridized carbons (Fsp3) is 0.286. The summed E-state index contributed by atoms with van der Waals surface area (Å²) in [5.74, 6) is 0.403. The largest absolute Gasteiger partial charge is 0.477 e. The van der Waals surface area contributed by atoms with Crippen LogP contribution in [0.3, 0.4) is 0 Å². The number of amides is 1. The average molecular weight is 289 g/mol. The molecule has 6 heteroatoms. The lowest BCUT2D eigenvalue weighted by Gasteiger charge is -2.36. The molecule has 2 aliphatic heterocycles. The minimum absolute atomic E-state index is 0.0593. The van der Waals surface area contributed by atoms with E-state index in [0.717, 1.165) is 25.0 Å². The van der Waals surface area contributed by atoms with Crippen molar-refractivity contribution in [2.75, 3.05) is 0 Å². The van der Waals surface area contributed by atoms with Crippen LogP contribution in [0, 0.1) is 0 Å². The smallest absolute Gasteiger partial charge is 0.353 e. The van der Waals surface area contributed by atoms with Crippen molar-refractivity contribution < 1.29 is 19.1 Å². The first-order valence-electron chi connectivity index (χ1n) is 6.41. The molecule has 1 unspecified atom stereocenters. The minimum atomic E-state index is -1.07. The molecule has 0 radical (unpaired) electrons. The number of hydrogen-bond acceptors (Lipinski definition) is 4. The normalized spacial score (nSPS) is 25.5. The lowest BCUT2D eigenvalue weighted by atomic mass is 10.0. The first kappa shape index (κ1) is 11.8. The molecular formula is C14H11NO4S. The van der Waals surface area contributed by atoms with E-state index in [-0.39, 0.29) is 17.0 Å². The number of rotatable bonds is 2. The lowest BCUT2D eigenvalue weighted by molar-refractivity contribution is -0.141. The van der Waals surface area contributed by atoms with E-state index >= 15 is 0 Å². The standard InChI is InChI=1S/C14H11NO4S/c16-12-9(13-15(12)10(6-20-13)14(17)18)5-8-4-7-2-1-3-11(7)19-8/h4-6,13H,1-3H2,(H,17,18). The van der Waals surface area contributed by atoms with Gasteiger partial charge in [0.1, 0.15) is 22.6 Å². The fourth-order valence-electron chi connectivity index (χ4n) is 2.84. The molecule has 0 bridgehead atoms. The van der Waals surface area contributed by atoms with Crippen LogP contribution in [0.4, 0.5) is 0 Å². The molecular weight excluding hydrogens is 278 g/mol. The molecule has 1 atom stereocenters. The summed E-state index contributed by atoms with van der Waals surface area (Å²) < 4.78 is 5.71. The van der Waals surface area contributed by atoms with E-state index in [0.29, 0.717) is 11.3 Å². The molecule has 20 heavy (non-hydrogen) atoms. The highest BCUT2D eigenvalue weighted by Gasteiger charge is 2.49. The Labute approximate surface area is 118 Å². The van der Waals surface area contributed by atoms with Crippen molar-refractivity contribution in [3.05, 3.63) is 39.8 Å². The second-order valence-corrected chi connectivity index (χ2v) is 5.98. The van der Waals surface area contributed by atoms with E-state index in [1.54, 1.807) is 6.08 Å². The maximum atomic E-state index is 12.0. The second-order valence-electron chi connectivity index (χ2n) is 5.02. The van der Waals surface area contributed by atoms with Crippen LogP contribution in [-0.4, -0.2) is 27.3 Å². The van der Waals surface area contributed by atoms with E-state index < -0.39 is 5.97 Å². The maximum absolute atomic E-state index is 12.0. The third kappa shape index (κ3) is 1.51. The highest BCUT2D eigenvalue weighted by molar-refractivity contribution is 8.03. The van der Waals surface area contributed by atoms with Gasteiger partial charge < -0.3 is 9.52 Å². The number of nitrogens with zero attached hydrogens (tertiary/aromatic N) is 1. The quantitative estimate of drug-likeness (QED) is 0.666. The molecule has 0 spiro atoms. The van der Waals surface area contributed by atoms with Crippen molar-refractivity contribution in [2.45, 2.75) is 24.6 Å². The Morgan fingerprint density at radius 2 is 2.35 bits per heavy atom. The highest BCUT2D eigenvalue weighted by Crippen LogP contribution is 2.45. The molecule has 3 aliphatic rings. The van der Waals surface area contributed by atoms with Crippen molar-refractivity contribution in [2.24, 2.45) is 0 Å². The van der Waals surface area contributed by atoms with Crippen LogP contribution >= 0.6 is 11.8 Å². The number of β-lactam (4-membered cyclic amide) rings is 1. The molecule has 1 aromatic rings. The lowest BCUT2D eigenvalue weighted by Crippen LogP contribution is -2.51. The molecule has 1 fully saturated rings. The zero-order valence-corrected chi connectivity index (χ0v) is 11.3.